The summed E-state index contributed by atoms with van der Waals surface area (Å²) in [6.07, 6.45) is 0.857. The summed E-state index contributed by atoms with van der Waals surface area (Å²) >= 11 is 5.88. The van der Waals surface area contributed by atoms with E-state index in [1.54, 1.807) is 12.1 Å². The molecule has 0 fully saturated rings. The van der Waals surface area contributed by atoms with E-state index >= 15 is 0 Å². The molecule has 1 atom stereocenters. The van der Waals surface area contributed by atoms with Gasteiger partial charge in [-0.05, 0) is 43.1 Å². The SMILES string of the molecule is CCNC(Cc1ccc(C)cc1)c1ccc(F)c(Cl)c1. The quantitative estimate of drug-likeness (QED) is 0.843. The molecule has 0 heterocycles. The van der Waals surface area contributed by atoms with Crippen LogP contribution in [0.25, 0.3) is 0 Å². The van der Waals surface area contributed by atoms with E-state index in [2.05, 4.69) is 43.4 Å². The van der Waals surface area contributed by atoms with Crippen LogP contribution in [0, 0.1) is 12.7 Å². The molecule has 0 aliphatic rings. The van der Waals surface area contributed by atoms with E-state index in [1.165, 1.54) is 17.2 Å². The van der Waals surface area contributed by atoms with E-state index in [9.17, 15) is 4.39 Å². The van der Waals surface area contributed by atoms with Crippen LogP contribution in [-0.4, -0.2) is 6.54 Å². The third-order valence-corrected chi connectivity index (χ3v) is 3.65. The summed E-state index contributed by atoms with van der Waals surface area (Å²) in [4.78, 5) is 0. The zero-order valence-corrected chi connectivity index (χ0v) is 12.5. The van der Waals surface area contributed by atoms with Gasteiger partial charge in [0.25, 0.3) is 0 Å². The molecule has 0 bridgehead atoms. The Morgan fingerprint density at radius 3 is 2.45 bits per heavy atom. The Kier molecular flexibility index (Phi) is 5.16. The van der Waals surface area contributed by atoms with Gasteiger partial charge in [0.2, 0.25) is 0 Å². The highest BCUT2D eigenvalue weighted by molar-refractivity contribution is 6.30. The van der Waals surface area contributed by atoms with Crippen LogP contribution in [0.15, 0.2) is 42.5 Å². The molecule has 0 radical (unpaired) electrons. The van der Waals surface area contributed by atoms with Crippen LogP contribution in [0.5, 0.6) is 0 Å². The molecule has 1 unspecified atom stereocenters. The number of halogens is 2. The molecule has 0 amide bonds. The van der Waals surface area contributed by atoms with Gasteiger partial charge >= 0.3 is 0 Å². The third-order valence-electron chi connectivity index (χ3n) is 3.36. The predicted octanol–water partition coefficient (Wildman–Crippen LogP) is 4.68. The van der Waals surface area contributed by atoms with Crippen LogP contribution in [0.3, 0.4) is 0 Å². The van der Waals surface area contributed by atoms with Crippen molar-refractivity contribution in [3.63, 3.8) is 0 Å². The van der Waals surface area contributed by atoms with Gasteiger partial charge in [0, 0.05) is 6.04 Å². The van der Waals surface area contributed by atoms with Crippen molar-refractivity contribution in [2.75, 3.05) is 6.54 Å². The van der Waals surface area contributed by atoms with Crippen LogP contribution >= 0.6 is 11.6 Å². The van der Waals surface area contributed by atoms with E-state index in [4.69, 9.17) is 11.6 Å². The van der Waals surface area contributed by atoms with Gasteiger partial charge in [0.1, 0.15) is 5.82 Å². The van der Waals surface area contributed by atoms with Gasteiger partial charge in [-0.1, -0.05) is 54.4 Å². The highest BCUT2D eigenvalue weighted by Gasteiger charge is 2.13. The molecule has 3 heteroatoms. The zero-order chi connectivity index (χ0) is 14.5. The van der Waals surface area contributed by atoms with Gasteiger partial charge in [-0.2, -0.15) is 0 Å². The molecular formula is C17H19ClFN. The Hall–Kier alpha value is -1.38. The summed E-state index contributed by atoms with van der Waals surface area (Å²) < 4.78 is 13.3. The van der Waals surface area contributed by atoms with Crippen molar-refractivity contribution in [3.8, 4) is 0 Å². The smallest absolute Gasteiger partial charge is 0.141 e. The maximum absolute atomic E-state index is 13.3. The molecule has 0 spiro atoms. The van der Waals surface area contributed by atoms with E-state index in [1.807, 2.05) is 0 Å². The van der Waals surface area contributed by atoms with Crippen LogP contribution in [0.1, 0.15) is 29.7 Å². The van der Waals surface area contributed by atoms with Crippen LogP contribution in [0.2, 0.25) is 5.02 Å². The molecule has 0 aliphatic carbocycles. The molecule has 0 aromatic heterocycles. The summed E-state index contributed by atoms with van der Waals surface area (Å²) in [5.41, 5.74) is 3.51. The van der Waals surface area contributed by atoms with E-state index < -0.39 is 0 Å². The van der Waals surface area contributed by atoms with E-state index in [0.29, 0.717) is 0 Å². The van der Waals surface area contributed by atoms with Crippen molar-refractivity contribution < 1.29 is 4.39 Å². The average Bonchev–Trinajstić information content (AvgIpc) is 2.44. The maximum Gasteiger partial charge on any atom is 0.141 e. The van der Waals surface area contributed by atoms with Gasteiger partial charge in [-0.3, -0.25) is 0 Å². The van der Waals surface area contributed by atoms with Crippen LogP contribution < -0.4 is 5.32 Å². The fraction of sp³-hybridized carbons (Fsp3) is 0.294. The number of benzene rings is 2. The number of hydrogen-bond donors (Lipinski definition) is 1. The lowest BCUT2D eigenvalue weighted by atomic mass is 9.98. The van der Waals surface area contributed by atoms with Crippen LogP contribution in [0.4, 0.5) is 4.39 Å². The Morgan fingerprint density at radius 1 is 1.15 bits per heavy atom. The Morgan fingerprint density at radius 2 is 1.85 bits per heavy atom. The highest BCUT2D eigenvalue weighted by Crippen LogP contribution is 2.23. The first-order valence-corrected chi connectivity index (χ1v) is 7.22. The van der Waals surface area contributed by atoms with Gasteiger partial charge in [0.05, 0.1) is 5.02 Å². The van der Waals surface area contributed by atoms with Crippen molar-refractivity contribution in [1.82, 2.24) is 5.32 Å². The van der Waals surface area contributed by atoms with Gasteiger partial charge < -0.3 is 5.32 Å². The standard InChI is InChI=1S/C17H19ClFN/c1-3-20-17(10-13-6-4-12(2)5-7-13)14-8-9-16(19)15(18)11-14/h4-9,11,17,20H,3,10H2,1-2H3. The lowest BCUT2D eigenvalue weighted by molar-refractivity contribution is 0.547. The van der Waals surface area contributed by atoms with Crippen molar-refractivity contribution >= 4 is 11.6 Å². The second kappa shape index (κ2) is 6.87. The molecule has 2 aromatic rings. The summed E-state index contributed by atoms with van der Waals surface area (Å²) in [7, 11) is 0. The summed E-state index contributed by atoms with van der Waals surface area (Å²) in [6.45, 7) is 4.99. The lowest BCUT2D eigenvalue weighted by Crippen LogP contribution is -2.23. The van der Waals surface area contributed by atoms with E-state index in [0.717, 1.165) is 18.5 Å². The number of aryl methyl sites for hydroxylation is 1. The largest absolute Gasteiger partial charge is 0.310 e. The summed E-state index contributed by atoms with van der Waals surface area (Å²) in [5.74, 6) is -0.374. The molecule has 106 valence electrons. The Bertz CT molecular complexity index is 566. The van der Waals surface area contributed by atoms with Crippen molar-refractivity contribution in [3.05, 3.63) is 70.0 Å². The first kappa shape index (κ1) is 15.0. The molecule has 0 saturated heterocycles. The highest BCUT2D eigenvalue weighted by atomic mass is 35.5. The van der Waals surface area contributed by atoms with Crippen molar-refractivity contribution in [2.45, 2.75) is 26.3 Å². The second-order valence-electron chi connectivity index (χ2n) is 4.97. The third kappa shape index (κ3) is 3.81. The van der Waals surface area contributed by atoms with E-state index in [-0.39, 0.29) is 16.9 Å². The number of nitrogens with one attached hydrogen (secondary N) is 1. The zero-order valence-electron chi connectivity index (χ0n) is 11.8. The molecule has 20 heavy (non-hydrogen) atoms. The average molecular weight is 292 g/mol. The minimum absolute atomic E-state index is 0.140. The molecular weight excluding hydrogens is 273 g/mol. The van der Waals surface area contributed by atoms with Crippen molar-refractivity contribution in [2.24, 2.45) is 0 Å². The molecule has 2 aromatic carbocycles. The molecule has 0 saturated carbocycles. The summed E-state index contributed by atoms with van der Waals surface area (Å²) in [5, 5.41) is 3.60. The molecule has 1 nitrogen and oxygen atoms in total. The number of hydrogen-bond acceptors (Lipinski definition) is 1. The van der Waals surface area contributed by atoms with Gasteiger partial charge in [-0.25, -0.2) is 4.39 Å². The number of likely N-dealkylation sites (N-methyl/N-ethyl adjacent to an activating group) is 1. The Labute approximate surface area is 124 Å². The normalized spacial score (nSPS) is 12.4. The summed E-state index contributed by atoms with van der Waals surface area (Å²) in [6, 6.07) is 13.5. The minimum Gasteiger partial charge on any atom is -0.310 e. The fourth-order valence-corrected chi connectivity index (χ4v) is 2.43. The molecule has 0 aliphatic heterocycles. The monoisotopic (exact) mass is 291 g/mol. The van der Waals surface area contributed by atoms with Gasteiger partial charge in [-0.15, -0.1) is 0 Å². The minimum atomic E-state index is -0.374. The topological polar surface area (TPSA) is 12.0 Å². The molecule has 1 N–H and O–H groups in total. The predicted molar refractivity (Wildman–Crippen MR) is 82.7 cm³/mol. The van der Waals surface area contributed by atoms with Crippen molar-refractivity contribution in [1.29, 1.82) is 0 Å². The first-order chi connectivity index (χ1) is 9.60. The fourth-order valence-electron chi connectivity index (χ4n) is 2.24. The molecule has 2 rings (SSSR count). The first-order valence-electron chi connectivity index (χ1n) is 6.84. The number of rotatable bonds is 5. The van der Waals surface area contributed by atoms with Gasteiger partial charge in [0.15, 0.2) is 0 Å². The van der Waals surface area contributed by atoms with Crippen LogP contribution in [-0.2, 0) is 6.42 Å². The maximum atomic E-state index is 13.3. The Balaban J connectivity index is 2.21. The lowest BCUT2D eigenvalue weighted by Gasteiger charge is -2.19. The second-order valence-corrected chi connectivity index (χ2v) is 5.38.